The Morgan fingerprint density at radius 1 is 0.864 bits per heavy atom. The molecule has 0 bridgehead atoms. The number of nitrogens with two attached hydrogens (primary N) is 3. The number of primary amides is 1. The summed E-state index contributed by atoms with van der Waals surface area (Å²) in [7, 11) is 0. The van der Waals surface area contributed by atoms with Gasteiger partial charge in [0.2, 0.25) is 23.6 Å². The quantitative estimate of drug-likeness (QED) is 0.0820. The van der Waals surface area contributed by atoms with Crippen LogP contribution < -0.4 is 33.2 Å². The highest BCUT2D eigenvalue weighted by Crippen LogP contribution is 2.13. The van der Waals surface area contributed by atoms with E-state index in [0.717, 1.165) is 12.5 Å². The number of phenolic OH excluding ortho intramolecular Hbond substituents is 1. The molecule has 0 fully saturated rings. The number of hydrogen-bond donors (Lipinski definition) is 8. The first kappa shape index (κ1) is 39.2. The van der Waals surface area contributed by atoms with Crippen molar-refractivity contribution in [3.8, 4) is 5.75 Å². The van der Waals surface area contributed by atoms with Gasteiger partial charge in [-0.05, 0) is 41.7 Å². The number of carboxylic acid groups (broad SMARTS) is 1. The minimum Gasteiger partial charge on any atom is -0.508 e. The molecule has 0 aromatic heterocycles. The molecule has 44 heavy (non-hydrogen) atoms. The molecule has 0 aliphatic carbocycles. The number of hydrogen-bond acceptors (Lipinski definition) is 8. The lowest BCUT2D eigenvalue weighted by Gasteiger charge is -2.21. The first-order valence-corrected chi connectivity index (χ1v) is 14.5. The molecule has 2 aromatic rings. The number of amides is 4. The molecule has 2 rings (SSSR count). The number of rotatable bonds is 15. The number of thioether (sulfide) groups is 1. The van der Waals surface area contributed by atoms with Crippen LogP contribution in [0, 0.1) is 0 Å². The summed E-state index contributed by atoms with van der Waals surface area (Å²) in [6, 6.07) is 12.3. The van der Waals surface area contributed by atoms with Crippen LogP contribution in [0.2, 0.25) is 0 Å². The molecule has 0 spiro atoms. The number of aliphatic carboxylic acids is 1. The third kappa shape index (κ3) is 16.6. The summed E-state index contributed by atoms with van der Waals surface area (Å²) in [6.07, 6.45) is 2.47. The molecule has 242 valence electrons. The number of nitrogens with zero attached hydrogens (tertiary/aromatic N) is 1. The third-order valence-electron chi connectivity index (χ3n) is 5.60. The predicted molar refractivity (Wildman–Crippen MR) is 168 cm³/mol. The highest BCUT2D eigenvalue weighted by molar-refractivity contribution is 7.98. The number of aliphatic imine (C=N–C) groups is 1. The number of nitrogens with one attached hydrogen (secondary N) is 3. The van der Waals surface area contributed by atoms with Crippen LogP contribution in [0.25, 0.3) is 0 Å². The van der Waals surface area contributed by atoms with Crippen molar-refractivity contribution in [3.63, 3.8) is 0 Å². The molecule has 3 atom stereocenters. The fourth-order valence-electron chi connectivity index (χ4n) is 3.61. The van der Waals surface area contributed by atoms with Gasteiger partial charge >= 0.3 is 0 Å². The van der Waals surface area contributed by atoms with E-state index in [4.69, 9.17) is 27.1 Å². The molecule has 0 heterocycles. The first-order chi connectivity index (χ1) is 20.3. The lowest BCUT2D eigenvalue weighted by molar-refractivity contribution is -0.134. The van der Waals surface area contributed by atoms with Gasteiger partial charge < -0.3 is 48.8 Å². The second-order valence-electron chi connectivity index (χ2n) is 9.23. The zero-order valence-electron chi connectivity index (χ0n) is 24.5. The summed E-state index contributed by atoms with van der Waals surface area (Å²) in [6.45, 7) is 0.661. The number of benzene rings is 2. The number of carboxylic acids is 1. The molecular formula is C28H41N7O8S. The molecular weight excluding hydrogens is 594 g/mol. The van der Waals surface area contributed by atoms with Gasteiger partial charge in [0.25, 0.3) is 5.97 Å². The zero-order valence-corrected chi connectivity index (χ0v) is 25.3. The zero-order chi connectivity index (χ0) is 32.4. The summed E-state index contributed by atoms with van der Waals surface area (Å²) in [5.74, 6) is -2.99. The van der Waals surface area contributed by atoms with E-state index in [1.54, 1.807) is 36.4 Å². The average molecular weight is 636 g/mol. The summed E-state index contributed by atoms with van der Waals surface area (Å²) in [4.78, 5) is 63.3. The van der Waals surface area contributed by atoms with E-state index in [-0.39, 0.29) is 36.4 Å². The van der Waals surface area contributed by atoms with Gasteiger partial charge in [-0.15, -0.1) is 0 Å². The van der Waals surface area contributed by atoms with Crippen LogP contribution in [0.15, 0.2) is 59.6 Å². The number of aromatic hydroxyl groups is 1. The molecule has 2 aromatic carbocycles. The van der Waals surface area contributed by atoms with Crippen molar-refractivity contribution >= 4 is 47.3 Å². The van der Waals surface area contributed by atoms with Gasteiger partial charge in [0.15, 0.2) is 5.96 Å². The first-order valence-electron chi connectivity index (χ1n) is 13.1. The Labute approximate surface area is 259 Å². The van der Waals surface area contributed by atoms with Crippen LogP contribution in [0.5, 0.6) is 5.75 Å². The Hall–Kier alpha value is -4.83. The minimum atomic E-state index is -1.03. The van der Waals surface area contributed by atoms with Gasteiger partial charge in [-0.3, -0.25) is 24.0 Å². The van der Waals surface area contributed by atoms with Crippen molar-refractivity contribution in [2.24, 2.45) is 22.2 Å². The standard InChI is InChI=1S/C26H35N7O5S.C2H4O2.H2O/c1-39-12-11-19(32-25(38)21(33-26(28)29)14-17-7-9-18(34)10-8-17)24(37)30-15-22(35)31-20(23(27)36)13-16-5-3-2-4-6-16;1-2(3)4;/h2-10,19-21,34H,11-15H2,1H3,(H2,27,36)(H,30,37)(H,31,35)(H,32,38)(H4,28,29,33);1H3,(H,3,4);1H2/t19-,20+,21+;;/m1../s1. The smallest absolute Gasteiger partial charge is 0.300 e. The highest BCUT2D eigenvalue weighted by Gasteiger charge is 2.26. The monoisotopic (exact) mass is 635 g/mol. The van der Waals surface area contributed by atoms with E-state index < -0.39 is 54.3 Å². The van der Waals surface area contributed by atoms with Crippen molar-refractivity contribution in [1.82, 2.24) is 16.0 Å². The second-order valence-corrected chi connectivity index (χ2v) is 10.2. The molecule has 0 aliphatic heterocycles. The van der Waals surface area contributed by atoms with E-state index in [1.807, 2.05) is 12.3 Å². The Kier molecular flexibility index (Phi) is 18.7. The summed E-state index contributed by atoms with van der Waals surface area (Å²) >= 11 is 1.48. The van der Waals surface area contributed by atoms with E-state index in [2.05, 4.69) is 20.9 Å². The maximum absolute atomic E-state index is 13.1. The second kappa shape index (κ2) is 21.0. The summed E-state index contributed by atoms with van der Waals surface area (Å²) in [5, 5.41) is 24.6. The molecule has 13 N–H and O–H groups in total. The van der Waals surface area contributed by atoms with Crippen LogP contribution in [-0.2, 0) is 36.8 Å². The Morgan fingerprint density at radius 2 is 1.43 bits per heavy atom. The lowest BCUT2D eigenvalue weighted by atomic mass is 10.0. The van der Waals surface area contributed by atoms with Crippen LogP contribution in [-0.4, -0.2) is 87.9 Å². The summed E-state index contributed by atoms with van der Waals surface area (Å²) in [5.41, 5.74) is 18.0. The van der Waals surface area contributed by atoms with Crippen molar-refractivity contribution in [1.29, 1.82) is 0 Å². The predicted octanol–water partition coefficient (Wildman–Crippen LogP) is -1.59. The topological polar surface area (TPSA) is 284 Å². The van der Waals surface area contributed by atoms with Crippen molar-refractivity contribution in [3.05, 3.63) is 65.7 Å². The highest BCUT2D eigenvalue weighted by atomic mass is 32.2. The molecule has 15 nitrogen and oxygen atoms in total. The van der Waals surface area contributed by atoms with E-state index in [0.29, 0.717) is 11.3 Å². The van der Waals surface area contributed by atoms with Gasteiger partial charge in [-0.1, -0.05) is 42.5 Å². The molecule has 0 saturated carbocycles. The molecule has 4 amide bonds. The summed E-state index contributed by atoms with van der Waals surface area (Å²) < 4.78 is 0. The Balaban J connectivity index is 0.00000347. The van der Waals surface area contributed by atoms with E-state index >= 15 is 0 Å². The third-order valence-corrected chi connectivity index (χ3v) is 6.25. The molecule has 0 saturated heterocycles. The SMILES string of the molecule is CC(=O)O.CSCC[C@@H](NC(=O)[C@H](Cc1ccc(O)cc1)N=C(N)N)C(=O)NCC(=O)N[C@@H](Cc1ccccc1)C(N)=O.O. The Bertz CT molecular complexity index is 1240. The van der Waals surface area contributed by atoms with Gasteiger partial charge in [0.1, 0.15) is 23.9 Å². The van der Waals surface area contributed by atoms with Crippen LogP contribution >= 0.6 is 11.8 Å². The van der Waals surface area contributed by atoms with Gasteiger partial charge in [0, 0.05) is 19.8 Å². The number of carbonyl (C=O) groups is 5. The largest absolute Gasteiger partial charge is 0.508 e. The lowest BCUT2D eigenvalue weighted by Crippen LogP contribution is -2.53. The maximum atomic E-state index is 13.1. The fourth-order valence-corrected chi connectivity index (χ4v) is 4.08. The van der Waals surface area contributed by atoms with Crippen molar-refractivity contribution in [2.45, 2.75) is 44.3 Å². The average Bonchev–Trinajstić information content (AvgIpc) is 2.94. The van der Waals surface area contributed by atoms with E-state index in [1.165, 1.54) is 23.9 Å². The van der Waals surface area contributed by atoms with Gasteiger partial charge in [-0.25, -0.2) is 4.99 Å². The van der Waals surface area contributed by atoms with E-state index in [9.17, 15) is 24.3 Å². The molecule has 0 unspecified atom stereocenters. The molecule has 0 aliphatic rings. The maximum Gasteiger partial charge on any atom is 0.300 e. The molecule has 0 radical (unpaired) electrons. The number of phenols is 1. The number of carbonyl (C=O) groups excluding carboxylic acids is 4. The minimum absolute atomic E-state index is 0. The molecule has 16 heteroatoms. The normalized spacial score (nSPS) is 12.0. The van der Waals surface area contributed by atoms with Crippen molar-refractivity contribution in [2.75, 3.05) is 18.6 Å². The van der Waals surface area contributed by atoms with Crippen LogP contribution in [0.1, 0.15) is 24.5 Å². The Morgan fingerprint density at radius 3 is 1.95 bits per heavy atom. The van der Waals surface area contributed by atoms with Gasteiger partial charge in [0.05, 0.1) is 6.54 Å². The van der Waals surface area contributed by atoms with Crippen molar-refractivity contribution < 1.29 is 39.7 Å². The van der Waals surface area contributed by atoms with Crippen LogP contribution in [0.3, 0.4) is 0 Å². The fraction of sp³-hybridized carbons (Fsp3) is 0.357. The number of guanidine groups is 1. The van der Waals surface area contributed by atoms with Crippen LogP contribution in [0.4, 0.5) is 0 Å². The van der Waals surface area contributed by atoms with Gasteiger partial charge in [-0.2, -0.15) is 11.8 Å².